The van der Waals surface area contributed by atoms with Crippen molar-refractivity contribution in [3.05, 3.63) is 29.8 Å². The molecule has 0 bridgehead atoms. The molecule has 0 saturated carbocycles. The summed E-state index contributed by atoms with van der Waals surface area (Å²) < 4.78 is 5.13. The third-order valence-corrected chi connectivity index (χ3v) is 3.99. The van der Waals surface area contributed by atoms with Gasteiger partial charge >= 0.3 is 0 Å². The molecular weight excluding hydrogens is 288 g/mol. The standard InChI is InChI=1S/C16H24N2O2.ClH/c1-20-15-7-5-13(6-8-15)3-2-4-16(19)18-10-9-14(11-17)12-18;/h5-8,14H,2-4,9-12,17H2,1H3;1H. The van der Waals surface area contributed by atoms with Crippen molar-refractivity contribution < 1.29 is 9.53 Å². The summed E-state index contributed by atoms with van der Waals surface area (Å²) in [7, 11) is 1.67. The molecule has 1 fully saturated rings. The van der Waals surface area contributed by atoms with E-state index in [-0.39, 0.29) is 18.3 Å². The Bertz CT molecular complexity index is 436. The molecule has 1 aromatic rings. The zero-order valence-corrected chi connectivity index (χ0v) is 13.4. The molecule has 1 aromatic carbocycles. The highest BCUT2D eigenvalue weighted by atomic mass is 35.5. The second-order valence-corrected chi connectivity index (χ2v) is 5.43. The van der Waals surface area contributed by atoms with Gasteiger partial charge in [-0.15, -0.1) is 12.4 Å². The topological polar surface area (TPSA) is 55.6 Å². The number of aryl methyl sites for hydroxylation is 1. The van der Waals surface area contributed by atoms with Gasteiger partial charge in [-0.25, -0.2) is 0 Å². The second kappa shape index (κ2) is 8.90. The molecule has 0 spiro atoms. The SMILES string of the molecule is COc1ccc(CCCC(=O)N2CCC(CN)C2)cc1.Cl. The van der Waals surface area contributed by atoms with E-state index in [1.807, 2.05) is 17.0 Å². The molecule has 118 valence electrons. The van der Waals surface area contributed by atoms with E-state index in [1.54, 1.807) is 7.11 Å². The van der Waals surface area contributed by atoms with Crippen LogP contribution in [0.5, 0.6) is 5.75 Å². The van der Waals surface area contributed by atoms with Crippen LogP contribution in [0.15, 0.2) is 24.3 Å². The molecule has 1 heterocycles. The molecule has 5 heteroatoms. The van der Waals surface area contributed by atoms with Crippen molar-refractivity contribution in [2.45, 2.75) is 25.7 Å². The van der Waals surface area contributed by atoms with E-state index in [9.17, 15) is 4.79 Å². The summed E-state index contributed by atoms with van der Waals surface area (Å²) in [5.74, 6) is 1.64. The zero-order valence-electron chi connectivity index (χ0n) is 12.6. The Kier molecular flexibility index (Phi) is 7.54. The number of hydrogen-bond donors (Lipinski definition) is 1. The Labute approximate surface area is 133 Å². The van der Waals surface area contributed by atoms with E-state index in [2.05, 4.69) is 12.1 Å². The van der Waals surface area contributed by atoms with E-state index in [0.717, 1.165) is 38.1 Å². The van der Waals surface area contributed by atoms with Crippen LogP contribution in [0.2, 0.25) is 0 Å². The number of halogens is 1. The van der Waals surface area contributed by atoms with Crippen molar-refractivity contribution in [2.24, 2.45) is 11.7 Å². The number of benzene rings is 1. The van der Waals surface area contributed by atoms with Crippen LogP contribution >= 0.6 is 12.4 Å². The number of hydrogen-bond acceptors (Lipinski definition) is 3. The fourth-order valence-electron chi connectivity index (χ4n) is 2.65. The molecule has 1 unspecified atom stereocenters. The lowest BCUT2D eigenvalue weighted by molar-refractivity contribution is -0.130. The predicted molar refractivity (Wildman–Crippen MR) is 86.9 cm³/mol. The Morgan fingerprint density at radius 1 is 1.38 bits per heavy atom. The van der Waals surface area contributed by atoms with E-state index in [1.165, 1.54) is 5.56 Å². The highest BCUT2D eigenvalue weighted by Gasteiger charge is 2.24. The van der Waals surface area contributed by atoms with Gasteiger partial charge in [-0.1, -0.05) is 12.1 Å². The van der Waals surface area contributed by atoms with Gasteiger partial charge in [0.2, 0.25) is 5.91 Å². The maximum atomic E-state index is 12.1. The van der Waals surface area contributed by atoms with Gasteiger partial charge in [-0.05, 0) is 49.4 Å². The van der Waals surface area contributed by atoms with Crippen LogP contribution in [-0.4, -0.2) is 37.6 Å². The number of methoxy groups -OCH3 is 1. The van der Waals surface area contributed by atoms with Gasteiger partial charge in [0.05, 0.1) is 7.11 Å². The molecule has 0 aromatic heterocycles. The van der Waals surface area contributed by atoms with Crippen LogP contribution in [-0.2, 0) is 11.2 Å². The Hall–Kier alpha value is -1.26. The molecule has 1 aliphatic heterocycles. The van der Waals surface area contributed by atoms with Gasteiger partial charge in [0.15, 0.2) is 0 Å². The van der Waals surface area contributed by atoms with E-state index in [4.69, 9.17) is 10.5 Å². The fourth-order valence-corrected chi connectivity index (χ4v) is 2.65. The van der Waals surface area contributed by atoms with Crippen molar-refractivity contribution in [3.63, 3.8) is 0 Å². The predicted octanol–water partition coefficient (Wildman–Crippen LogP) is 2.25. The monoisotopic (exact) mass is 312 g/mol. The van der Waals surface area contributed by atoms with Gasteiger partial charge in [-0.3, -0.25) is 4.79 Å². The van der Waals surface area contributed by atoms with E-state index < -0.39 is 0 Å². The number of amides is 1. The highest BCUT2D eigenvalue weighted by molar-refractivity contribution is 5.85. The van der Waals surface area contributed by atoms with Gasteiger partial charge in [0.1, 0.15) is 5.75 Å². The first-order valence-electron chi connectivity index (χ1n) is 7.33. The van der Waals surface area contributed by atoms with Gasteiger partial charge in [0, 0.05) is 19.5 Å². The minimum atomic E-state index is 0. The van der Waals surface area contributed by atoms with E-state index >= 15 is 0 Å². The number of carbonyl (C=O) groups excluding carboxylic acids is 1. The lowest BCUT2D eigenvalue weighted by Crippen LogP contribution is -2.29. The Morgan fingerprint density at radius 3 is 2.67 bits per heavy atom. The first kappa shape index (κ1) is 17.8. The summed E-state index contributed by atoms with van der Waals surface area (Å²) in [5, 5.41) is 0. The van der Waals surface area contributed by atoms with Gasteiger partial charge in [-0.2, -0.15) is 0 Å². The average molecular weight is 313 g/mol. The summed E-state index contributed by atoms with van der Waals surface area (Å²) in [6, 6.07) is 8.04. The first-order chi connectivity index (χ1) is 9.72. The lowest BCUT2D eigenvalue weighted by Gasteiger charge is -2.16. The van der Waals surface area contributed by atoms with Gasteiger partial charge in [0.25, 0.3) is 0 Å². The van der Waals surface area contributed by atoms with Crippen LogP contribution in [0.25, 0.3) is 0 Å². The van der Waals surface area contributed by atoms with Crippen LogP contribution in [0, 0.1) is 5.92 Å². The minimum Gasteiger partial charge on any atom is -0.497 e. The van der Waals surface area contributed by atoms with Crippen molar-refractivity contribution in [3.8, 4) is 5.75 Å². The quantitative estimate of drug-likeness (QED) is 0.876. The number of nitrogens with zero attached hydrogens (tertiary/aromatic N) is 1. The number of carbonyl (C=O) groups is 1. The van der Waals surface area contributed by atoms with Gasteiger partial charge < -0.3 is 15.4 Å². The smallest absolute Gasteiger partial charge is 0.222 e. The normalized spacial score (nSPS) is 17.4. The molecule has 0 radical (unpaired) electrons. The molecule has 1 atom stereocenters. The summed E-state index contributed by atoms with van der Waals surface area (Å²) >= 11 is 0. The second-order valence-electron chi connectivity index (χ2n) is 5.43. The third-order valence-electron chi connectivity index (χ3n) is 3.99. The average Bonchev–Trinajstić information content (AvgIpc) is 2.97. The number of nitrogens with two attached hydrogens (primary N) is 1. The highest BCUT2D eigenvalue weighted by Crippen LogP contribution is 2.17. The first-order valence-corrected chi connectivity index (χ1v) is 7.33. The van der Waals surface area contributed by atoms with Crippen LogP contribution in [0.4, 0.5) is 0 Å². The number of likely N-dealkylation sites (tertiary alicyclic amines) is 1. The Morgan fingerprint density at radius 2 is 2.10 bits per heavy atom. The summed E-state index contributed by atoms with van der Waals surface area (Å²) in [4.78, 5) is 14.0. The molecule has 4 nitrogen and oxygen atoms in total. The van der Waals surface area contributed by atoms with Crippen molar-refractivity contribution in [1.29, 1.82) is 0 Å². The number of rotatable bonds is 6. The third kappa shape index (κ3) is 5.21. The minimum absolute atomic E-state index is 0. The fraction of sp³-hybridized carbons (Fsp3) is 0.562. The molecule has 2 N–H and O–H groups in total. The summed E-state index contributed by atoms with van der Waals surface area (Å²) in [6.07, 6.45) is 3.52. The molecule has 2 rings (SSSR count). The molecule has 1 aliphatic rings. The van der Waals surface area contributed by atoms with Crippen LogP contribution in [0.3, 0.4) is 0 Å². The maximum Gasteiger partial charge on any atom is 0.222 e. The van der Waals surface area contributed by atoms with Crippen LogP contribution < -0.4 is 10.5 Å². The largest absolute Gasteiger partial charge is 0.497 e. The van der Waals surface area contributed by atoms with Crippen LogP contribution in [0.1, 0.15) is 24.8 Å². The molecule has 0 aliphatic carbocycles. The van der Waals surface area contributed by atoms with Crippen molar-refractivity contribution >= 4 is 18.3 Å². The van der Waals surface area contributed by atoms with E-state index in [0.29, 0.717) is 18.9 Å². The summed E-state index contributed by atoms with van der Waals surface area (Å²) in [5.41, 5.74) is 6.90. The molecular formula is C16H25ClN2O2. The zero-order chi connectivity index (χ0) is 14.4. The van der Waals surface area contributed by atoms with Crippen molar-refractivity contribution in [1.82, 2.24) is 4.90 Å². The molecule has 21 heavy (non-hydrogen) atoms. The number of ether oxygens (including phenoxy) is 1. The lowest BCUT2D eigenvalue weighted by atomic mass is 10.1. The summed E-state index contributed by atoms with van der Waals surface area (Å²) in [6.45, 7) is 2.41. The van der Waals surface area contributed by atoms with Crippen molar-refractivity contribution in [2.75, 3.05) is 26.7 Å². The maximum absolute atomic E-state index is 12.1. The molecule has 1 saturated heterocycles. The molecule has 1 amide bonds. The Balaban J connectivity index is 0.00000220.